The van der Waals surface area contributed by atoms with Crippen LogP contribution in [0.15, 0.2) is 24.3 Å². The Labute approximate surface area is 95.8 Å². The second-order valence-electron chi connectivity index (χ2n) is 3.52. The Hall–Kier alpha value is -1.55. The maximum atomic E-state index is 11.5. The van der Waals surface area contributed by atoms with Crippen molar-refractivity contribution in [1.82, 2.24) is 5.32 Å². The molecule has 88 valence electrons. The second kappa shape index (κ2) is 6.85. The van der Waals surface area contributed by atoms with Crippen molar-refractivity contribution < 1.29 is 9.53 Å². The van der Waals surface area contributed by atoms with Gasteiger partial charge in [-0.25, -0.2) is 0 Å². The number of methoxy groups -OCH3 is 1. The van der Waals surface area contributed by atoms with E-state index < -0.39 is 0 Å². The third-order valence-electron chi connectivity index (χ3n) is 2.23. The molecule has 4 nitrogen and oxygen atoms in total. The zero-order valence-electron chi connectivity index (χ0n) is 9.53. The topological polar surface area (TPSA) is 64.3 Å². The molecule has 0 unspecified atom stereocenters. The van der Waals surface area contributed by atoms with Crippen molar-refractivity contribution in [2.24, 2.45) is 5.73 Å². The third kappa shape index (κ3) is 4.31. The molecular formula is C12H18N2O2. The van der Waals surface area contributed by atoms with Crippen LogP contribution in [0.5, 0.6) is 5.75 Å². The van der Waals surface area contributed by atoms with E-state index >= 15 is 0 Å². The summed E-state index contributed by atoms with van der Waals surface area (Å²) in [6.45, 7) is 1.24. The molecule has 0 aliphatic rings. The van der Waals surface area contributed by atoms with Gasteiger partial charge >= 0.3 is 0 Å². The summed E-state index contributed by atoms with van der Waals surface area (Å²) in [4.78, 5) is 11.5. The minimum atomic E-state index is 0.0265. The Morgan fingerprint density at radius 2 is 2.06 bits per heavy atom. The van der Waals surface area contributed by atoms with Crippen LogP contribution >= 0.6 is 0 Å². The van der Waals surface area contributed by atoms with Crippen molar-refractivity contribution in [2.45, 2.75) is 12.8 Å². The first-order valence-corrected chi connectivity index (χ1v) is 5.36. The predicted octanol–water partition coefficient (Wildman–Crippen LogP) is 0.703. The second-order valence-corrected chi connectivity index (χ2v) is 3.52. The maximum absolute atomic E-state index is 11.5. The van der Waals surface area contributed by atoms with Gasteiger partial charge in [0.2, 0.25) is 5.91 Å². The minimum absolute atomic E-state index is 0.0265. The smallest absolute Gasteiger partial charge is 0.224 e. The molecule has 0 spiro atoms. The summed E-state index contributed by atoms with van der Waals surface area (Å²) >= 11 is 0. The standard InChI is InChI=1S/C12H18N2O2/c1-16-11-5-3-10(4-6-11)9-12(15)14-8-2-7-13/h3-6H,2,7-9,13H2,1H3,(H,14,15). The van der Waals surface area contributed by atoms with Gasteiger partial charge in [0.1, 0.15) is 5.75 Å². The lowest BCUT2D eigenvalue weighted by Gasteiger charge is -2.05. The molecule has 1 amide bonds. The number of benzene rings is 1. The van der Waals surface area contributed by atoms with Crippen LogP contribution in [0.25, 0.3) is 0 Å². The molecule has 0 aromatic heterocycles. The van der Waals surface area contributed by atoms with Crippen molar-refractivity contribution >= 4 is 5.91 Å². The third-order valence-corrected chi connectivity index (χ3v) is 2.23. The van der Waals surface area contributed by atoms with Crippen LogP contribution in [-0.4, -0.2) is 26.1 Å². The number of hydrogen-bond donors (Lipinski definition) is 2. The van der Waals surface area contributed by atoms with E-state index in [2.05, 4.69) is 5.32 Å². The normalized spacial score (nSPS) is 9.88. The molecule has 16 heavy (non-hydrogen) atoms. The zero-order valence-corrected chi connectivity index (χ0v) is 9.53. The van der Waals surface area contributed by atoms with E-state index in [1.54, 1.807) is 7.11 Å². The van der Waals surface area contributed by atoms with Crippen molar-refractivity contribution in [3.8, 4) is 5.75 Å². The van der Waals surface area contributed by atoms with Gasteiger partial charge in [-0.1, -0.05) is 12.1 Å². The van der Waals surface area contributed by atoms with Gasteiger partial charge in [0.25, 0.3) is 0 Å². The van der Waals surface area contributed by atoms with E-state index in [9.17, 15) is 4.79 Å². The van der Waals surface area contributed by atoms with Crippen LogP contribution in [0.2, 0.25) is 0 Å². The van der Waals surface area contributed by atoms with E-state index in [1.165, 1.54) is 0 Å². The SMILES string of the molecule is COc1ccc(CC(=O)NCCCN)cc1. The molecule has 0 saturated heterocycles. The summed E-state index contributed by atoms with van der Waals surface area (Å²) in [6, 6.07) is 7.48. The molecule has 1 rings (SSSR count). The molecule has 0 heterocycles. The number of carbonyl (C=O) groups excluding carboxylic acids is 1. The summed E-state index contributed by atoms with van der Waals surface area (Å²) < 4.78 is 5.04. The van der Waals surface area contributed by atoms with Crippen molar-refractivity contribution in [2.75, 3.05) is 20.2 Å². The number of rotatable bonds is 6. The highest BCUT2D eigenvalue weighted by atomic mass is 16.5. The fraction of sp³-hybridized carbons (Fsp3) is 0.417. The quantitative estimate of drug-likeness (QED) is 0.696. The lowest BCUT2D eigenvalue weighted by Crippen LogP contribution is -2.27. The van der Waals surface area contributed by atoms with Gasteiger partial charge in [0, 0.05) is 6.54 Å². The van der Waals surface area contributed by atoms with Gasteiger partial charge in [-0.05, 0) is 30.7 Å². The van der Waals surface area contributed by atoms with Gasteiger partial charge in [-0.2, -0.15) is 0 Å². The number of amides is 1. The fourth-order valence-corrected chi connectivity index (χ4v) is 1.32. The number of carbonyl (C=O) groups is 1. The summed E-state index contributed by atoms with van der Waals surface area (Å²) in [7, 11) is 1.62. The van der Waals surface area contributed by atoms with Crippen LogP contribution in [0, 0.1) is 0 Å². The largest absolute Gasteiger partial charge is 0.497 e. The zero-order chi connectivity index (χ0) is 11.8. The highest BCUT2D eigenvalue weighted by Gasteiger charge is 2.02. The van der Waals surface area contributed by atoms with Crippen LogP contribution in [-0.2, 0) is 11.2 Å². The first-order valence-electron chi connectivity index (χ1n) is 5.36. The Morgan fingerprint density at radius 3 is 2.62 bits per heavy atom. The van der Waals surface area contributed by atoms with Gasteiger partial charge in [0.15, 0.2) is 0 Å². The van der Waals surface area contributed by atoms with Crippen molar-refractivity contribution in [3.05, 3.63) is 29.8 Å². The molecule has 1 aromatic rings. The number of nitrogens with one attached hydrogen (secondary N) is 1. The molecular weight excluding hydrogens is 204 g/mol. The highest BCUT2D eigenvalue weighted by Crippen LogP contribution is 2.11. The monoisotopic (exact) mass is 222 g/mol. The summed E-state index contributed by atoms with van der Waals surface area (Å²) in [5, 5.41) is 2.81. The van der Waals surface area contributed by atoms with E-state index in [0.29, 0.717) is 19.5 Å². The summed E-state index contributed by atoms with van der Waals surface area (Å²) in [5.41, 5.74) is 6.31. The summed E-state index contributed by atoms with van der Waals surface area (Å²) in [5.74, 6) is 0.825. The van der Waals surface area contributed by atoms with Gasteiger partial charge in [-0.15, -0.1) is 0 Å². The number of ether oxygens (including phenoxy) is 1. The first-order chi connectivity index (χ1) is 7.76. The van der Waals surface area contributed by atoms with E-state index in [0.717, 1.165) is 17.7 Å². The molecule has 0 atom stereocenters. The molecule has 0 bridgehead atoms. The molecule has 0 aliphatic heterocycles. The van der Waals surface area contributed by atoms with Crippen LogP contribution in [0.1, 0.15) is 12.0 Å². The fourth-order valence-electron chi connectivity index (χ4n) is 1.32. The van der Waals surface area contributed by atoms with Crippen LogP contribution in [0.4, 0.5) is 0 Å². The van der Waals surface area contributed by atoms with Crippen molar-refractivity contribution in [1.29, 1.82) is 0 Å². The average Bonchev–Trinajstić information content (AvgIpc) is 2.30. The molecule has 1 aromatic carbocycles. The van der Waals surface area contributed by atoms with Crippen LogP contribution in [0.3, 0.4) is 0 Å². The Kier molecular flexibility index (Phi) is 5.36. The van der Waals surface area contributed by atoms with Crippen LogP contribution < -0.4 is 15.8 Å². The molecule has 0 aliphatic carbocycles. The average molecular weight is 222 g/mol. The lowest BCUT2D eigenvalue weighted by atomic mass is 10.1. The minimum Gasteiger partial charge on any atom is -0.497 e. The van der Waals surface area contributed by atoms with E-state index in [1.807, 2.05) is 24.3 Å². The lowest BCUT2D eigenvalue weighted by molar-refractivity contribution is -0.120. The Morgan fingerprint density at radius 1 is 1.38 bits per heavy atom. The highest BCUT2D eigenvalue weighted by molar-refractivity contribution is 5.78. The van der Waals surface area contributed by atoms with Gasteiger partial charge in [-0.3, -0.25) is 4.79 Å². The molecule has 3 N–H and O–H groups in total. The first kappa shape index (κ1) is 12.5. The summed E-state index contributed by atoms with van der Waals surface area (Å²) in [6.07, 6.45) is 1.21. The molecule has 4 heteroatoms. The van der Waals surface area contributed by atoms with E-state index in [-0.39, 0.29) is 5.91 Å². The van der Waals surface area contributed by atoms with E-state index in [4.69, 9.17) is 10.5 Å². The Balaban J connectivity index is 2.37. The van der Waals surface area contributed by atoms with Gasteiger partial charge < -0.3 is 15.8 Å². The van der Waals surface area contributed by atoms with Gasteiger partial charge in [0.05, 0.1) is 13.5 Å². The molecule has 0 fully saturated rings. The Bertz CT molecular complexity index is 322. The maximum Gasteiger partial charge on any atom is 0.224 e. The number of hydrogen-bond acceptors (Lipinski definition) is 3. The predicted molar refractivity (Wildman–Crippen MR) is 63.4 cm³/mol. The molecule has 0 radical (unpaired) electrons. The number of nitrogens with two attached hydrogens (primary N) is 1. The van der Waals surface area contributed by atoms with Crippen molar-refractivity contribution in [3.63, 3.8) is 0 Å². The molecule has 0 saturated carbocycles.